The molecule has 3 amide bonds. The summed E-state index contributed by atoms with van der Waals surface area (Å²) >= 11 is 0. The lowest BCUT2D eigenvalue weighted by atomic mass is 10.00. The molecule has 0 radical (unpaired) electrons. The number of nitrogens with zero attached hydrogens (tertiary/aromatic N) is 3. The van der Waals surface area contributed by atoms with E-state index in [0.717, 1.165) is 50.3 Å². The Bertz CT molecular complexity index is 1260. The quantitative estimate of drug-likeness (QED) is 0.569. The molecule has 0 aromatic heterocycles. The highest BCUT2D eigenvalue weighted by Gasteiger charge is 2.39. The molecule has 4 aliphatic heterocycles. The number of hydrogen-bond acceptors (Lipinski definition) is 6. The Morgan fingerprint density at radius 1 is 1.00 bits per heavy atom. The van der Waals surface area contributed by atoms with Gasteiger partial charge in [-0.3, -0.25) is 24.6 Å². The zero-order chi connectivity index (χ0) is 26.2. The second-order valence-corrected chi connectivity index (χ2v) is 10.9. The first-order chi connectivity index (χ1) is 18.5. The van der Waals surface area contributed by atoms with Gasteiger partial charge in [-0.15, -0.1) is 0 Å². The van der Waals surface area contributed by atoms with E-state index in [1.807, 2.05) is 18.2 Å². The molecule has 2 fully saturated rings. The minimum absolute atomic E-state index is 0.156. The highest BCUT2D eigenvalue weighted by molar-refractivity contribution is 6.05. The van der Waals surface area contributed by atoms with Crippen molar-refractivity contribution in [1.29, 1.82) is 0 Å². The Kier molecular flexibility index (Phi) is 6.82. The minimum Gasteiger partial charge on any atom is -0.492 e. The average molecular weight is 517 g/mol. The number of carbonyl (C=O) groups excluding carboxylic acids is 3. The number of rotatable bonds is 7. The summed E-state index contributed by atoms with van der Waals surface area (Å²) in [6, 6.07) is 12.1. The molecule has 4 heterocycles. The van der Waals surface area contributed by atoms with E-state index in [1.165, 1.54) is 29.7 Å². The van der Waals surface area contributed by atoms with E-state index in [2.05, 4.69) is 40.2 Å². The normalized spacial score (nSPS) is 23.4. The van der Waals surface area contributed by atoms with Gasteiger partial charge in [0.1, 0.15) is 18.4 Å². The van der Waals surface area contributed by atoms with Crippen molar-refractivity contribution in [2.75, 3.05) is 31.1 Å². The van der Waals surface area contributed by atoms with Crippen molar-refractivity contribution in [3.8, 4) is 5.75 Å². The van der Waals surface area contributed by atoms with Gasteiger partial charge < -0.3 is 14.5 Å². The van der Waals surface area contributed by atoms with Gasteiger partial charge in [-0.05, 0) is 74.0 Å². The van der Waals surface area contributed by atoms with Crippen LogP contribution in [0.1, 0.15) is 66.1 Å². The number of benzene rings is 2. The first-order valence-electron chi connectivity index (χ1n) is 14.0. The number of hydrogen-bond donors (Lipinski definition) is 1. The summed E-state index contributed by atoms with van der Waals surface area (Å²) in [4.78, 5) is 43.5. The van der Waals surface area contributed by atoms with Crippen LogP contribution in [0.15, 0.2) is 36.4 Å². The van der Waals surface area contributed by atoms with Crippen LogP contribution in [0.4, 0.5) is 5.69 Å². The minimum atomic E-state index is -0.601. The Hall–Kier alpha value is -3.39. The standard InChI is InChI=1S/C30H36N4O4/c1-2-32-15-13-20-6-5-7-21(28(20)32)17-33-14-4-3-8-23(33)19-38-24-9-10-25-22(16-24)18-34(30(25)37)26-11-12-27(35)31-29(26)36/h5-7,9-10,16,23,26H,2-4,8,11-15,17-19H2,1H3,(H,31,35,36). The summed E-state index contributed by atoms with van der Waals surface area (Å²) in [5.41, 5.74) is 5.80. The van der Waals surface area contributed by atoms with E-state index in [0.29, 0.717) is 31.2 Å². The van der Waals surface area contributed by atoms with Crippen LogP contribution < -0.4 is 15.0 Å². The number of anilines is 1. The SMILES string of the molecule is CCN1CCc2cccc(CN3CCCCC3COc3ccc4c(c3)CN(C3CCC(=O)NC3=O)C4=O)c21. The zero-order valence-corrected chi connectivity index (χ0v) is 22.1. The summed E-state index contributed by atoms with van der Waals surface area (Å²) in [6.07, 6.45) is 5.28. The Labute approximate surface area is 223 Å². The van der Waals surface area contributed by atoms with Crippen LogP contribution in [0.25, 0.3) is 0 Å². The molecule has 6 rings (SSSR count). The molecular formula is C30H36N4O4. The van der Waals surface area contributed by atoms with Gasteiger partial charge in [-0.25, -0.2) is 0 Å². The predicted molar refractivity (Wildman–Crippen MR) is 144 cm³/mol. The molecule has 8 nitrogen and oxygen atoms in total. The van der Waals surface area contributed by atoms with Crippen molar-refractivity contribution in [3.63, 3.8) is 0 Å². The van der Waals surface area contributed by atoms with Crippen LogP contribution in [0.5, 0.6) is 5.75 Å². The molecule has 4 aliphatic rings. The van der Waals surface area contributed by atoms with Gasteiger partial charge in [-0.2, -0.15) is 0 Å². The van der Waals surface area contributed by atoms with Crippen molar-refractivity contribution in [3.05, 3.63) is 58.7 Å². The summed E-state index contributed by atoms with van der Waals surface area (Å²) < 4.78 is 6.32. The van der Waals surface area contributed by atoms with Gasteiger partial charge in [0.15, 0.2) is 0 Å². The third-order valence-electron chi connectivity index (χ3n) is 8.61. The maximum absolute atomic E-state index is 13.0. The first kappa shape index (κ1) is 24.9. The van der Waals surface area contributed by atoms with Crippen LogP contribution in [-0.4, -0.2) is 65.8 Å². The fourth-order valence-electron chi connectivity index (χ4n) is 6.57. The fraction of sp³-hybridized carbons (Fsp3) is 0.500. The van der Waals surface area contributed by atoms with Crippen LogP contribution in [0.2, 0.25) is 0 Å². The number of ether oxygens (including phenoxy) is 1. The van der Waals surface area contributed by atoms with Crippen molar-refractivity contribution in [2.24, 2.45) is 0 Å². The molecule has 2 unspecified atom stereocenters. The number of likely N-dealkylation sites (N-methyl/N-ethyl adjacent to an activating group) is 1. The lowest BCUT2D eigenvalue weighted by molar-refractivity contribution is -0.136. The highest BCUT2D eigenvalue weighted by Crippen LogP contribution is 2.34. The summed E-state index contributed by atoms with van der Waals surface area (Å²) in [6.45, 7) is 7.36. The summed E-state index contributed by atoms with van der Waals surface area (Å²) in [5, 5.41) is 2.36. The van der Waals surface area contributed by atoms with Crippen LogP contribution in [0, 0.1) is 0 Å². The summed E-state index contributed by atoms with van der Waals surface area (Å²) in [5.74, 6) is -0.0643. The predicted octanol–water partition coefficient (Wildman–Crippen LogP) is 3.26. The van der Waals surface area contributed by atoms with Crippen molar-refractivity contribution < 1.29 is 19.1 Å². The average Bonchev–Trinajstić information content (AvgIpc) is 3.49. The Balaban J connectivity index is 1.12. The van der Waals surface area contributed by atoms with Crippen LogP contribution >= 0.6 is 0 Å². The van der Waals surface area contributed by atoms with E-state index in [9.17, 15) is 14.4 Å². The molecule has 0 aliphatic carbocycles. The topological polar surface area (TPSA) is 82.2 Å². The number of nitrogens with one attached hydrogen (secondary N) is 1. The van der Waals surface area contributed by atoms with Gasteiger partial charge in [-0.1, -0.05) is 24.6 Å². The number of likely N-dealkylation sites (tertiary alicyclic amines) is 1. The molecule has 2 aromatic carbocycles. The van der Waals surface area contributed by atoms with Gasteiger partial charge in [0, 0.05) is 49.9 Å². The zero-order valence-electron chi connectivity index (χ0n) is 22.1. The molecule has 1 N–H and O–H groups in total. The number of piperidine rings is 2. The number of para-hydroxylation sites is 1. The molecule has 200 valence electrons. The number of amides is 3. The van der Waals surface area contributed by atoms with E-state index >= 15 is 0 Å². The van der Waals surface area contributed by atoms with E-state index in [1.54, 1.807) is 4.90 Å². The fourth-order valence-corrected chi connectivity index (χ4v) is 6.57. The van der Waals surface area contributed by atoms with Crippen molar-refractivity contribution in [2.45, 2.75) is 70.6 Å². The highest BCUT2D eigenvalue weighted by atomic mass is 16.5. The molecule has 38 heavy (non-hydrogen) atoms. The van der Waals surface area contributed by atoms with Crippen molar-refractivity contribution >= 4 is 23.4 Å². The number of carbonyl (C=O) groups is 3. The third kappa shape index (κ3) is 4.66. The third-order valence-corrected chi connectivity index (χ3v) is 8.61. The van der Waals surface area contributed by atoms with Gasteiger partial charge >= 0.3 is 0 Å². The maximum Gasteiger partial charge on any atom is 0.255 e. The summed E-state index contributed by atoms with van der Waals surface area (Å²) in [7, 11) is 0. The Morgan fingerprint density at radius 2 is 1.89 bits per heavy atom. The molecule has 0 bridgehead atoms. The van der Waals surface area contributed by atoms with Gasteiger partial charge in [0.05, 0.1) is 0 Å². The lowest BCUT2D eigenvalue weighted by Gasteiger charge is -2.36. The maximum atomic E-state index is 13.0. The van der Waals surface area contributed by atoms with Gasteiger partial charge in [0.2, 0.25) is 11.8 Å². The second-order valence-electron chi connectivity index (χ2n) is 10.9. The molecule has 2 saturated heterocycles. The molecule has 0 spiro atoms. The largest absolute Gasteiger partial charge is 0.492 e. The second kappa shape index (κ2) is 10.4. The number of fused-ring (bicyclic) bond motifs is 2. The first-order valence-corrected chi connectivity index (χ1v) is 14.0. The molecule has 2 atom stereocenters. The molecule has 8 heteroatoms. The van der Waals surface area contributed by atoms with Crippen LogP contribution in [-0.2, 0) is 29.1 Å². The lowest BCUT2D eigenvalue weighted by Crippen LogP contribution is -2.52. The molecular weight excluding hydrogens is 480 g/mol. The molecule has 2 aromatic rings. The van der Waals surface area contributed by atoms with Crippen molar-refractivity contribution in [1.82, 2.24) is 15.1 Å². The molecule has 0 saturated carbocycles. The smallest absolute Gasteiger partial charge is 0.255 e. The monoisotopic (exact) mass is 516 g/mol. The number of imide groups is 1. The van der Waals surface area contributed by atoms with Crippen LogP contribution in [0.3, 0.4) is 0 Å². The van der Waals surface area contributed by atoms with E-state index in [-0.39, 0.29) is 24.1 Å². The van der Waals surface area contributed by atoms with E-state index in [4.69, 9.17) is 4.74 Å². The van der Waals surface area contributed by atoms with E-state index < -0.39 is 6.04 Å². The Morgan fingerprint density at radius 3 is 2.74 bits per heavy atom. The van der Waals surface area contributed by atoms with Gasteiger partial charge in [0.25, 0.3) is 5.91 Å².